The molecule has 90 valence electrons. The van der Waals surface area contributed by atoms with Crippen LogP contribution in [0.2, 0.25) is 0 Å². The SMILES string of the molecule is NC(CC1CC2CCC1C2)C1CC2CC2C1. The summed E-state index contributed by atoms with van der Waals surface area (Å²) in [5.74, 6) is 6.31. The predicted octanol–water partition coefficient (Wildman–Crippen LogP) is 3.19. The van der Waals surface area contributed by atoms with E-state index in [1.54, 1.807) is 6.42 Å². The van der Waals surface area contributed by atoms with Crippen molar-refractivity contribution in [2.45, 2.75) is 57.4 Å². The Hall–Kier alpha value is -0.0400. The minimum absolute atomic E-state index is 0.553. The van der Waals surface area contributed by atoms with E-state index in [1.165, 1.54) is 44.9 Å². The molecule has 0 spiro atoms. The van der Waals surface area contributed by atoms with Gasteiger partial charge in [-0.2, -0.15) is 0 Å². The maximum atomic E-state index is 6.47. The molecule has 2 bridgehead atoms. The van der Waals surface area contributed by atoms with Crippen molar-refractivity contribution in [3.63, 3.8) is 0 Å². The van der Waals surface area contributed by atoms with Gasteiger partial charge < -0.3 is 5.73 Å². The first-order valence-electron chi connectivity index (χ1n) is 7.55. The van der Waals surface area contributed by atoms with Crippen LogP contribution in [0.15, 0.2) is 0 Å². The summed E-state index contributed by atoms with van der Waals surface area (Å²) in [6.07, 6.45) is 12.0. The van der Waals surface area contributed by atoms with Crippen molar-refractivity contribution in [3.8, 4) is 0 Å². The minimum Gasteiger partial charge on any atom is -0.327 e. The van der Waals surface area contributed by atoms with Crippen molar-refractivity contribution in [1.29, 1.82) is 0 Å². The van der Waals surface area contributed by atoms with Gasteiger partial charge in [-0.1, -0.05) is 6.42 Å². The zero-order chi connectivity index (χ0) is 10.7. The molecule has 0 radical (unpaired) electrons. The molecule has 0 aromatic carbocycles. The number of hydrogen-bond donors (Lipinski definition) is 1. The number of hydrogen-bond acceptors (Lipinski definition) is 1. The van der Waals surface area contributed by atoms with Gasteiger partial charge in [0.15, 0.2) is 0 Å². The Bertz CT molecular complexity index is 277. The van der Waals surface area contributed by atoms with Crippen molar-refractivity contribution in [1.82, 2.24) is 0 Å². The van der Waals surface area contributed by atoms with Gasteiger partial charge in [0.25, 0.3) is 0 Å². The van der Waals surface area contributed by atoms with Crippen LogP contribution >= 0.6 is 0 Å². The fourth-order valence-corrected chi connectivity index (χ4v) is 5.32. The number of fused-ring (bicyclic) bond motifs is 3. The molecule has 1 nitrogen and oxygen atoms in total. The summed E-state index contributed by atoms with van der Waals surface area (Å²) in [6, 6.07) is 0.553. The normalized spacial score (nSPS) is 55.3. The Morgan fingerprint density at radius 2 is 1.69 bits per heavy atom. The van der Waals surface area contributed by atoms with Gasteiger partial charge in [0.05, 0.1) is 0 Å². The molecule has 4 aliphatic rings. The van der Waals surface area contributed by atoms with E-state index in [0.29, 0.717) is 6.04 Å². The van der Waals surface area contributed by atoms with Gasteiger partial charge in [-0.25, -0.2) is 0 Å². The van der Waals surface area contributed by atoms with E-state index in [1.807, 2.05) is 0 Å². The highest BCUT2D eigenvalue weighted by atomic mass is 14.7. The molecular formula is C15H25N. The minimum atomic E-state index is 0.553. The quantitative estimate of drug-likeness (QED) is 0.775. The lowest BCUT2D eigenvalue weighted by Crippen LogP contribution is -2.33. The summed E-state index contributed by atoms with van der Waals surface area (Å²) in [5, 5.41) is 0. The van der Waals surface area contributed by atoms with Gasteiger partial charge in [-0.15, -0.1) is 0 Å². The molecule has 1 heteroatoms. The van der Waals surface area contributed by atoms with Crippen LogP contribution in [0.1, 0.15) is 51.4 Å². The Balaban J connectivity index is 1.33. The van der Waals surface area contributed by atoms with Crippen LogP contribution in [-0.2, 0) is 0 Å². The first-order valence-corrected chi connectivity index (χ1v) is 7.55. The lowest BCUT2D eigenvalue weighted by molar-refractivity contribution is 0.257. The molecule has 0 heterocycles. The second-order valence-electron chi connectivity index (χ2n) is 7.32. The first-order chi connectivity index (χ1) is 7.79. The molecule has 0 saturated heterocycles. The van der Waals surface area contributed by atoms with E-state index in [-0.39, 0.29) is 0 Å². The Morgan fingerprint density at radius 1 is 0.875 bits per heavy atom. The Kier molecular flexibility index (Phi) is 2.16. The van der Waals surface area contributed by atoms with Gasteiger partial charge in [0.2, 0.25) is 0 Å². The molecule has 2 N–H and O–H groups in total. The van der Waals surface area contributed by atoms with E-state index >= 15 is 0 Å². The molecule has 4 rings (SSSR count). The molecule has 6 atom stereocenters. The number of nitrogens with two attached hydrogens (primary N) is 1. The Labute approximate surface area is 99.2 Å². The zero-order valence-corrected chi connectivity index (χ0v) is 10.3. The van der Waals surface area contributed by atoms with Crippen LogP contribution in [0.25, 0.3) is 0 Å². The van der Waals surface area contributed by atoms with Crippen molar-refractivity contribution >= 4 is 0 Å². The molecule has 16 heavy (non-hydrogen) atoms. The van der Waals surface area contributed by atoms with Crippen LogP contribution in [0.3, 0.4) is 0 Å². The summed E-state index contributed by atoms with van der Waals surface area (Å²) in [4.78, 5) is 0. The maximum absolute atomic E-state index is 6.47. The van der Waals surface area contributed by atoms with Crippen LogP contribution in [0.5, 0.6) is 0 Å². The van der Waals surface area contributed by atoms with Crippen LogP contribution in [0.4, 0.5) is 0 Å². The summed E-state index contributed by atoms with van der Waals surface area (Å²) < 4.78 is 0. The van der Waals surface area contributed by atoms with Crippen LogP contribution < -0.4 is 5.73 Å². The average molecular weight is 219 g/mol. The monoisotopic (exact) mass is 219 g/mol. The molecule has 4 aliphatic carbocycles. The second-order valence-corrected chi connectivity index (χ2v) is 7.32. The summed E-state index contributed by atoms with van der Waals surface area (Å²) in [7, 11) is 0. The van der Waals surface area contributed by atoms with Crippen molar-refractivity contribution in [2.24, 2.45) is 41.2 Å². The third kappa shape index (κ3) is 1.54. The highest BCUT2D eigenvalue weighted by Gasteiger charge is 2.48. The van der Waals surface area contributed by atoms with E-state index in [9.17, 15) is 0 Å². The number of rotatable bonds is 3. The summed E-state index contributed by atoms with van der Waals surface area (Å²) in [6.45, 7) is 0. The van der Waals surface area contributed by atoms with Gasteiger partial charge in [-0.05, 0) is 80.5 Å². The van der Waals surface area contributed by atoms with E-state index in [0.717, 1.165) is 35.5 Å². The van der Waals surface area contributed by atoms with Crippen molar-refractivity contribution < 1.29 is 0 Å². The molecule has 6 unspecified atom stereocenters. The lowest BCUT2D eigenvalue weighted by atomic mass is 9.80. The van der Waals surface area contributed by atoms with Gasteiger partial charge in [0, 0.05) is 6.04 Å². The van der Waals surface area contributed by atoms with Crippen molar-refractivity contribution in [3.05, 3.63) is 0 Å². The third-order valence-electron chi connectivity index (χ3n) is 6.34. The van der Waals surface area contributed by atoms with E-state index < -0.39 is 0 Å². The van der Waals surface area contributed by atoms with Gasteiger partial charge >= 0.3 is 0 Å². The third-order valence-corrected chi connectivity index (χ3v) is 6.34. The van der Waals surface area contributed by atoms with Crippen molar-refractivity contribution in [2.75, 3.05) is 0 Å². The highest BCUT2D eigenvalue weighted by molar-refractivity contribution is 5.00. The predicted molar refractivity (Wildman–Crippen MR) is 65.9 cm³/mol. The molecule has 4 fully saturated rings. The zero-order valence-electron chi connectivity index (χ0n) is 10.3. The molecule has 0 aliphatic heterocycles. The second kappa shape index (κ2) is 3.48. The molecular weight excluding hydrogens is 194 g/mol. The fourth-order valence-electron chi connectivity index (χ4n) is 5.32. The molecule has 0 aromatic heterocycles. The Morgan fingerprint density at radius 3 is 2.31 bits per heavy atom. The van der Waals surface area contributed by atoms with Crippen LogP contribution in [0, 0.1) is 35.5 Å². The lowest BCUT2D eigenvalue weighted by Gasteiger charge is -2.28. The standard InChI is InChI=1S/C15H25N/c16-15(14-6-12-5-13(12)7-14)8-11-4-9-1-2-10(11)3-9/h9-15H,1-8,16H2. The van der Waals surface area contributed by atoms with E-state index in [2.05, 4.69) is 0 Å². The maximum Gasteiger partial charge on any atom is 0.00701 e. The smallest absolute Gasteiger partial charge is 0.00701 e. The summed E-state index contributed by atoms with van der Waals surface area (Å²) in [5.41, 5.74) is 6.47. The van der Waals surface area contributed by atoms with Gasteiger partial charge in [-0.3, -0.25) is 0 Å². The van der Waals surface area contributed by atoms with E-state index in [4.69, 9.17) is 5.73 Å². The summed E-state index contributed by atoms with van der Waals surface area (Å²) >= 11 is 0. The first kappa shape index (κ1) is 9.94. The van der Waals surface area contributed by atoms with Crippen LogP contribution in [-0.4, -0.2) is 6.04 Å². The topological polar surface area (TPSA) is 26.0 Å². The highest BCUT2D eigenvalue weighted by Crippen LogP contribution is 2.56. The molecule has 0 aromatic rings. The average Bonchev–Trinajstić information content (AvgIpc) is 2.75. The largest absolute Gasteiger partial charge is 0.327 e. The fraction of sp³-hybridized carbons (Fsp3) is 1.00. The molecule has 4 saturated carbocycles. The van der Waals surface area contributed by atoms with Gasteiger partial charge in [0.1, 0.15) is 0 Å². The molecule has 0 amide bonds.